The van der Waals surface area contributed by atoms with Gasteiger partial charge in [-0.25, -0.2) is 0 Å². The zero-order valence-corrected chi connectivity index (χ0v) is 13.3. The fourth-order valence-corrected chi connectivity index (χ4v) is 2.85. The highest BCUT2D eigenvalue weighted by molar-refractivity contribution is 7.92. The quantitative estimate of drug-likeness (QED) is 0.302. The summed E-state index contributed by atoms with van der Waals surface area (Å²) in [5, 5.41) is 0. The molecule has 115 valence electrons. The Balaban J connectivity index is 3.09. The van der Waals surface area contributed by atoms with Crippen LogP contribution in [0.25, 0.3) is 0 Å². The highest BCUT2D eigenvalue weighted by Gasteiger charge is 2.31. The lowest BCUT2D eigenvalue weighted by atomic mass is 10.1. The molecule has 4 nitrogen and oxygen atoms in total. The average Bonchev–Trinajstić information content (AvgIpc) is 2.40. The van der Waals surface area contributed by atoms with Crippen molar-refractivity contribution in [1.82, 2.24) is 0 Å². The summed E-state index contributed by atoms with van der Waals surface area (Å²) in [7, 11) is -3.34. The van der Waals surface area contributed by atoms with Crippen molar-refractivity contribution in [2.24, 2.45) is 0 Å². The molecule has 0 aromatic carbocycles. The van der Waals surface area contributed by atoms with Crippen LogP contribution in [0, 0.1) is 0 Å². The third kappa shape index (κ3) is 14.3. The second-order valence-corrected chi connectivity index (χ2v) is 7.03. The molecule has 0 aromatic heterocycles. The van der Waals surface area contributed by atoms with Gasteiger partial charge in [0.05, 0.1) is 4.55 Å². The van der Waals surface area contributed by atoms with E-state index in [9.17, 15) is 8.76 Å². The lowest BCUT2D eigenvalue weighted by Gasteiger charge is -2.02. The predicted octanol–water partition coefficient (Wildman–Crippen LogP) is 3.62. The summed E-state index contributed by atoms with van der Waals surface area (Å²) in [6, 6.07) is 0. The fourth-order valence-electron chi connectivity index (χ4n) is 2.18. The molecule has 0 heterocycles. The lowest BCUT2D eigenvalue weighted by molar-refractivity contribution is -0.637. The summed E-state index contributed by atoms with van der Waals surface area (Å²) in [6.07, 6.45) is 14.8. The first-order valence-electron chi connectivity index (χ1n) is 7.78. The Morgan fingerprint density at radius 2 is 1.16 bits per heavy atom. The standard InChI is InChI=1S/C14H32NO3S/c1-2-3-4-5-6-7-8-9-10-11-12-13-14-19(16,17)18-15/h2-14H2,1,15H3/q+2. The first-order valence-corrected chi connectivity index (χ1v) is 9.36. The Labute approximate surface area is 119 Å². The zero-order chi connectivity index (χ0) is 14.4. The van der Waals surface area contributed by atoms with Gasteiger partial charge < -0.3 is 0 Å². The van der Waals surface area contributed by atoms with Crippen molar-refractivity contribution in [3.05, 3.63) is 0 Å². The molecule has 1 radical (unpaired) electrons. The van der Waals surface area contributed by atoms with Gasteiger partial charge in [-0.15, -0.1) is 0 Å². The third-order valence-electron chi connectivity index (χ3n) is 3.43. The van der Waals surface area contributed by atoms with Gasteiger partial charge in [0, 0.05) is 4.28 Å². The van der Waals surface area contributed by atoms with Crippen LogP contribution in [-0.4, -0.2) is 5.75 Å². The van der Waals surface area contributed by atoms with Crippen LogP contribution in [0.3, 0.4) is 0 Å². The van der Waals surface area contributed by atoms with Crippen LogP contribution in [0.4, 0.5) is 0 Å². The smallest absolute Gasteiger partial charge is 0.159 e. The van der Waals surface area contributed by atoms with E-state index in [2.05, 4.69) is 17.1 Å². The molecule has 3 N–H and O–H groups in total. The van der Waals surface area contributed by atoms with Crippen molar-refractivity contribution < 1.29 is 18.9 Å². The summed E-state index contributed by atoms with van der Waals surface area (Å²) in [6.45, 7) is 2.24. The molecule has 0 aromatic rings. The van der Waals surface area contributed by atoms with Gasteiger partial charge in [-0.1, -0.05) is 71.1 Å². The molecular formula is C14H32NO3S+2. The van der Waals surface area contributed by atoms with Crippen LogP contribution in [0.2, 0.25) is 0 Å². The van der Waals surface area contributed by atoms with E-state index in [1.165, 1.54) is 57.8 Å². The van der Waals surface area contributed by atoms with Crippen LogP contribution >= 0.6 is 0 Å². The maximum atomic E-state index is 11.0. The SMILES string of the molecule is CCCCCCCCCCCCCC[S+]([O])(=O)O[NH3+]. The Hall–Kier alpha value is 0.0300. The van der Waals surface area contributed by atoms with Gasteiger partial charge in [0.25, 0.3) is 0 Å². The van der Waals surface area contributed by atoms with Crippen molar-refractivity contribution in [3.8, 4) is 0 Å². The normalized spacial score (nSPS) is 14.5. The number of rotatable bonds is 14. The Morgan fingerprint density at radius 1 is 0.789 bits per heavy atom. The van der Waals surface area contributed by atoms with Gasteiger partial charge in [-0.3, -0.25) is 0 Å². The Kier molecular flexibility index (Phi) is 13.1. The van der Waals surface area contributed by atoms with Crippen LogP contribution in [0.5, 0.6) is 0 Å². The molecule has 0 fully saturated rings. The molecule has 1 unspecified atom stereocenters. The van der Waals surface area contributed by atoms with Crippen LogP contribution in [0.15, 0.2) is 0 Å². The van der Waals surface area contributed by atoms with Gasteiger partial charge in [-0.2, -0.15) is 5.90 Å². The van der Waals surface area contributed by atoms with E-state index in [0.717, 1.165) is 12.8 Å². The second kappa shape index (κ2) is 13.0. The minimum Gasteiger partial charge on any atom is -0.159 e. The molecule has 0 rings (SSSR count). The van der Waals surface area contributed by atoms with E-state index in [1.54, 1.807) is 0 Å². The molecule has 0 spiro atoms. The first-order chi connectivity index (χ1) is 9.12. The van der Waals surface area contributed by atoms with Gasteiger partial charge in [0.15, 0.2) is 5.75 Å². The molecule has 5 heteroatoms. The average molecular weight is 294 g/mol. The van der Waals surface area contributed by atoms with E-state index in [0.29, 0.717) is 6.42 Å². The Morgan fingerprint density at radius 3 is 1.53 bits per heavy atom. The van der Waals surface area contributed by atoms with Crippen molar-refractivity contribution in [2.45, 2.75) is 84.0 Å². The number of unbranched alkanes of at least 4 members (excludes halogenated alkanes) is 11. The van der Waals surface area contributed by atoms with Gasteiger partial charge in [0.2, 0.25) is 0 Å². The highest BCUT2D eigenvalue weighted by atomic mass is 32.3. The molecule has 0 aliphatic rings. The molecule has 19 heavy (non-hydrogen) atoms. The molecule has 0 saturated heterocycles. The van der Waals surface area contributed by atoms with Crippen molar-refractivity contribution in [2.75, 3.05) is 5.75 Å². The summed E-state index contributed by atoms with van der Waals surface area (Å²) in [5.74, 6) is 3.05. The topological polar surface area (TPSA) is 73.8 Å². The fraction of sp³-hybridized carbons (Fsp3) is 1.00. The highest BCUT2D eigenvalue weighted by Crippen LogP contribution is 2.12. The molecule has 0 aliphatic heterocycles. The van der Waals surface area contributed by atoms with Crippen molar-refractivity contribution in [3.63, 3.8) is 0 Å². The second-order valence-electron chi connectivity index (χ2n) is 5.27. The minimum atomic E-state index is -3.34. The molecule has 1 atom stereocenters. The third-order valence-corrected chi connectivity index (χ3v) is 4.58. The monoisotopic (exact) mass is 294 g/mol. The van der Waals surface area contributed by atoms with E-state index in [4.69, 9.17) is 0 Å². The van der Waals surface area contributed by atoms with E-state index in [1.807, 2.05) is 0 Å². The van der Waals surface area contributed by atoms with Gasteiger partial charge in [0.1, 0.15) is 0 Å². The summed E-state index contributed by atoms with van der Waals surface area (Å²) >= 11 is 0. The Bertz CT molecular complexity index is 237. The maximum absolute atomic E-state index is 11.0. The molecular weight excluding hydrogens is 262 g/mol. The number of hydrogen-bond donors (Lipinski definition) is 1. The first kappa shape index (κ1) is 19.0. The summed E-state index contributed by atoms with van der Waals surface area (Å²) in [5.41, 5.74) is 0. The lowest BCUT2D eigenvalue weighted by Crippen LogP contribution is -2.53. The molecule has 0 bridgehead atoms. The van der Waals surface area contributed by atoms with Crippen LogP contribution in [0.1, 0.15) is 84.0 Å². The van der Waals surface area contributed by atoms with Crippen LogP contribution in [-0.2, 0) is 23.5 Å². The molecule has 0 amide bonds. The van der Waals surface area contributed by atoms with Gasteiger partial charge in [-0.05, 0) is 17.1 Å². The van der Waals surface area contributed by atoms with Gasteiger partial charge >= 0.3 is 10.5 Å². The predicted molar refractivity (Wildman–Crippen MR) is 78.7 cm³/mol. The number of hydrogen-bond acceptors (Lipinski definition) is 2. The van der Waals surface area contributed by atoms with Crippen LogP contribution < -0.4 is 5.90 Å². The summed E-state index contributed by atoms with van der Waals surface area (Å²) in [4.78, 5) is 0. The van der Waals surface area contributed by atoms with E-state index >= 15 is 0 Å². The van der Waals surface area contributed by atoms with E-state index in [-0.39, 0.29) is 5.75 Å². The minimum absolute atomic E-state index is 0.105. The largest absolute Gasteiger partial charge is 0.448 e. The zero-order valence-electron chi connectivity index (χ0n) is 12.5. The maximum Gasteiger partial charge on any atom is 0.448 e. The molecule has 0 saturated carbocycles. The number of quaternary nitrogens is 1. The molecule has 0 aliphatic carbocycles. The van der Waals surface area contributed by atoms with E-state index < -0.39 is 10.5 Å². The summed E-state index contributed by atoms with van der Waals surface area (Å²) < 4.78 is 26.2. The van der Waals surface area contributed by atoms with Crippen molar-refractivity contribution in [1.29, 1.82) is 0 Å². The van der Waals surface area contributed by atoms with Crippen molar-refractivity contribution >= 4 is 10.5 Å².